The van der Waals surface area contributed by atoms with Gasteiger partial charge in [0.2, 0.25) is 0 Å². The summed E-state index contributed by atoms with van der Waals surface area (Å²) in [5.41, 5.74) is 1.19. The van der Waals surface area contributed by atoms with Crippen molar-refractivity contribution in [3.8, 4) is 11.4 Å². The summed E-state index contributed by atoms with van der Waals surface area (Å²) in [6.07, 6.45) is -2.91. The van der Waals surface area contributed by atoms with Gasteiger partial charge in [-0.3, -0.25) is 0 Å². The Morgan fingerprint density at radius 3 is 2.19 bits per heavy atom. The molecule has 2 aromatic rings. The van der Waals surface area contributed by atoms with Crippen LogP contribution in [0.4, 0.5) is 23.8 Å². The first-order valence-electron chi connectivity index (χ1n) is 10.7. The maximum Gasteiger partial charge on any atom is 0.573 e. The summed E-state index contributed by atoms with van der Waals surface area (Å²) in [5, 5.41) is 4.74. The Kier molecular flexibility index (Phi) is 5.72. The minimum atomic E-state index is -4.72. The van der Waals surface area contributed by atoms with E-state index in [4.69, 9.17) is 9.84 Å². The zero-order chi connectivity index (χ0) is 23.1. The molecule has 1 aromatic carbocycles. The molecule has 2 heterocycles. The number of carbonyl (C=O) groups excluding carboxylic acids is 1. The van der Waals surface area contributed by atoms with Gasteiger partial charge in [0.1, 0.15) is 11.4 Å². The first-order valence-corrected chi connectivity index (χ1v) is 10.7. The monoisotopic (exact) mass is 452 g/mol. The maximum atomic E-state index is 12.4. The standard InChI is InChI=1S/C22H27F3N4O3/c1-21(2,3)32-20(30)28-12-10-27(11-13-28)19-14-18(15-4-5-15)29(26-19)16-6-8-17(9-7-16)31-22(23,24)25/h6-9,14-15H,4-5,10-13H2,1-3H3. The van der Waals surface area contributed by atoms with Crippen LogP contribution in [0.2, 0.25) is 0 Å². The lowest BCUT2D eigenvalue weighted by Gasteiger charge is -2.35. The lowest BCUT2D eigenvalue weighted by atomic mass is 10.2. The van der Waals surface area contributed by atoms with Gasteiger partial charge in [-0.15, -0.1) is 13.2 Å². The number of ether oxygens (including phenoxy) is 2. The van der Waals surface area contributed by atoms with Crippen LogP contribution in [0.5, 0.6) is 5.75 Å². The summed E-state index contributed by atoms with van der Waals surface area (Å²) in [5.74, 6) is 0.927. The second kappa shape index (κ2) is 8.22. The van der Waals surface area contributed by atoms with Gasteiger partial charge in [0.25, 0.3) is 0 Å². The molecule has 0 bridgehead atoms. The van der Waals surface area contributed by atoms with E-state index in [1.54, 1.807) is 21.7 Å². The Morgan fingerprint density at radius 1 is 1.03 bits per heavy atom. The zero-order valence-corrected chi connectivity index (χ0v) is 18.4. The first kappa shape index (κ1) is 22.3. The van der Waals surface area contributed by atoms with Crippen molar-refractivity contribution < 1.29 is 27.4 Å². The van der Waals surface area contributed by atoms with E-state index in [-0.39, 0.29) is 11.8 Å². The zero-order valence-electron chi connectivity index (χ0n) is 18.4. The van der Waals surface area contributed by atoms with Crippen molar-refractivity contribution in [2.75, 3.05) is 31.1 Å². The molecule has 1 saturated heterocycles. The minimum absolute atomic E-state index is 0.264. The van der Waals surface area contributed by atoms with E-state index in [0.29, 0.717) is 37.8 Å². The maximum absolute atomic E-state index is 12.4. The Hall–Kier alpha value is -2.91. The van der Waals surface area contributed by atoms with Crippen molar-refractivity contribution >= 4 is 11.9 Å². The highest BCUT2D eigenvalue weighted by atomic mass is 19.4. The number of benzene rings is 1. The van der Waals surface area contributed by atoms with E-state index in [2.05, 4.69) is 9.64 Å². The van der Waals surface area contributed by atoms with Gasteiger partial charge in [0.15, 0.2) is 5.82 Å². The van der Waals surface area contributed by atoms with Crippen molar-refractivity contribution in [2.45, 2.75) is 51.5 Å². The lowest BCUT2D eigenvalue weighted by molar-refractivity contribution is -0.274. The van der Waals surface area contributed by atoms with E-state index in [1.807, 2.05) is 26.8 Å². The van der Waals surface area contributed by atoms with Crippen LogP contribution in [-0.2, 0) is 4.74 Å². The molecular weight excluding hydrogens is 425 g/mol. The molecule has 4 rings (SSSR count). The molecule has 0 radical (unpaired) electrons. The highest BCUT2D eigenvalue weighted by Gasteiger charge is 2.33. The van der Waals surface area contributed by atoms with Crippen molar-refractivity contribution in [2.24, 2.45) is 0 Å². The topological polar surface area (TPSA) is 59.8 Å². The number of amides is 1. The predicted molar refractivity (Wildman–Crippen MR) is 112 cm³/mol. The normalized spacial score (nSPS) is 17.4. The number of anilines is 1. The smallest absolute Gasteiger partial charge is 0.444 e. The van der Waals surface area contributed by atoms with Crippen molar-refractivity contribution in [1.29, 1.82) is 0 Å². The number of piperazine rings is 1. The van der Waals surface area contributed by atoms with Crippen LogP contribution in [0, 0.1) is 0 Å². The third-order valence-electron chi connectivity index (χ3n) is 5.29. The predicted octanol–water partition coefficient (Wildman–Crippen LogP) is 4.71. The van der Waals surface area contributed by atoms with Crippen LogP contribution in [0.1, 0.15) is 45.2 Å². The first-order chi connectivity index (χ1) is 15.0. The molecule has 0 unspecified atom stereocenters. The fourth-order valence-electron chi connectivity index (χ4n) is 3.65. The van der Waals surface area contributed by atoms with E-state index in [9.17, 15) is 18.0 Å². The molecule has 1 aliphatic heterocycles. The molecule has 7 nitrogen and oxygen atoms in total. The Morgan fingerprint density at radius 2 is 1.66 bits per heavy atom. The van der Waals surface area contributed by atoms with Crippen LogP contribution in [0.15, 0.2) is 30.3 Å². The van der Waals surface area contributed by atoms with Gasteiger partial charge in [-0.2, -0.15) is 5.10 Å². The fraction of sp³-hybridized carbons (Fsp3) is 0.545. The van der Waals surface area contributed by atoms with Crippen LogP contribution in [0.25, 0.3) is 5.69 Å². The summed E-state index contributed by atoms with van der Waals surface area (Å²) in [7, 11) is 0. The summed E-state index contributed by atoms with van der Waals surface area (Å²) in [6.45, 7) is 7.84. The second-order valence-corrected chi connectivity index (χ2v) is 9.11. The summed E-state index contributed by atoms with van der Waals surface area (Å²) in [4.78, 5) is 16.1. The number of nitrogens with zero attached hydrogens (tertiary/aromatic N) is 4. The van der Waals surface area contributed by atoms with Gasteiger partial charge in [0, 0.05) is 43.9 Å². The van der Waals surface area contributed by atoms with Gasteiger partial charge in [-0.1, -0.05) is 0 Å². The summed E-state index contributed by atoms with van der Waals surface area (Å²) >= 11 is 0. The molecule has 1 amide bonds. The van der Waals surface area contributed by atoms with Crippen molar-refractivity contribution in [1.82, 2.24) is 14.7 Å². The summed E-state index contributed by atoms with van der Waals surface area (Å²) in [6, 6.07) is 7.77. The average Bonchev–Trinajstić information content (AvgIpc) is 3.45. The fourth-order valence-corrected chi connectivity index (χ4v) is 3.65. The molecule has 0 atom stereocenters. The largest absolute Gasteiger partial charge is 0.573 e. The Bertz CT molecular complexity index is 954. The number of rotatable bonds is 4. The molecular formula is C22H27F3N4O3. The molecule has 174 valence electrons. The van der Waals surface area contributed by atoms with E-state index >= 15 is 0 Å². The third-order valence-corrected chi connectivity index (χ3v) is 5.29. The molecule has 0 spiro atoms. The second-order valence-electron chi connectivity index (χ2n) is 9.11. The van der Waals surface area contributed by atoms with Crippen molar-refractivity contribution in [3.63, 3.8) is 0 Å². The van der Waals surface area contributed by atoms with E-state index in [0.717, 1.165) is 24.4 Å². The van der Waals surface area contributed by atoms with Gasteiger partial charge >= 0.3 is 12.5 Å². The number of aromatic nitrogens is 2. The molecule has 1 aromatic heterocycles. The summed E-state index contributed by atoms with van der Waals surface area (Å²) < 4.78 is 48.5. The number of carbonyl (C=O) groups is 1. The number of halogens is 3. The highest BCUT2D eigenvalue weighted by molar-refractivity contribution is 5.68. The van der Waals surface area contributed by atoms with Gasteiger partial charge in [-0.05, 0) is 57.9 Å². The lowest BCUT2D eigenvalue weighted by Crippen LogP contribution is -2.50. The quantitative estimate of drug-likeness (QED) is 0.673. The van der Waals surface area contributed by atoms with E-state index in [1.165, 1.54) is 12.1 Å². The van der Waals surface area contributed by atoms with Crippen LogP contribution >= 0.6 is 0 Å². The molecule has 2 fully saturated rings. The number of alkyl halides is 3. The molecule has 10 heteroatoms. The average molecular weight is 452 g/mol. The van der Waals surface area contributed by atoms with Crippen LogP contribution in [-0.4, -0.2) is 58.9 Å². The molecule has 1 aliphatic carbocycles. The van der Waals surface area contributed by atoms with Crippen LogP contribution in [0.3, 0.4) is 0 Å². The Labute approximate surface area is 184 Å². The van der Waals surface area contributed by atoms with Crippen molar-refractivity contribution in [3.05, 3.63) is 36.0 Å². The number of hydrogen-bond acceptors (Lipinski definition) is 5. The minimum Gasteiger partial charge on any atom is -0.444 e. The molecule has 0 N–H and O–H groups in total. The van der Waals surface area contributed by atoms with E-state index < -0.39 is 12.0 Å². The third kappa shape index (κ3) is 5.46. The highest BCUT2D eigenvalue weighted by Crippen LogP contribution is 2.42. The van der Waals surface area contributed by atoms with Gasteiger partial charge < -0.3 is 19.3 Å². The molecule has 32 heavy (non-hydrogen) atoms. The van der Waals surface area contributed by atoms with Crippen LogP contribution < -0.4 is 9.64 Å². The Balaban J connectivity index is 1.47. The van der Waals surface area contributed by atoms with Gasteiger partial charge in [-0.25, -0.2) is 9.48 Å². The molecule has 2 aliphatic rings. The molecule has 1 saturated carbocycles. The SMILES string of the molecule is CC(C)(C)OC(=O)N1CCN(c2cc(C3CC3)n(-c3ccc(OC(F)(F)F)cc3)n2)CC1. The number of hydrogen-bond donors (Lipinski definition) is 0. The van der Waals surface area contributed by atoms with Gasteiger partial charge in [0.05, 0.1) is 5.69 Å².